The Morgan fingerprint density at radius 3 is 1.29 bits per heavy atom. The van der Waals surface area contributed by atoms with Crippen molar-refractivity contribution in [2.24, 2.45) is 0 Å². The van der Waals surface area contributed by atoms with Gasteiger partial charge in [0.1, 0.15) is 0 Å². The molecule has 0 bridgehead atoms. The molecule has 0 saturated heterocycles. The highest BCUT2D eigenvalue weighted by atomic mass is 28.5. The number of hydrogen-bond donors (Lipinski definition) is 0. The van der Waals surface area contributed by atoms with Gasteiger partial charge >= 0.3 is 34.6 Å². The molecule has 0 amide bonds. The molecule has 8 nitrogen and oxygen atoms in total. The molecule has 5 aromatic rings. The fourth-order valence-corrected chi connectivity index (χ4v) is 32.3. The van der Waals surface area contributed by atoms with Gasteiger partial charge in [-0.3, -0.25) is 0 Å². The van der Waals surface area contributed by atoms with Crippen LogP contribution in [0, 0.1) is 0 Å². The normalized spacial score (nSPS) is 12.7. The molecule has 5 rings (SSSR count). The first-order valence-electron chi connectivity index (χ1n) is 21.4. The molecule has 0 spiro atoms. The van der Waals surface area contributed by atoms with Gasteiger partial charge in [0, 0.05) is 44.4 Å². The molecule has 0 heterocycles. The van der Waals surface area contributed by atoms with Crippen LogP contribution in [0.1, 0.15) is 35.1 Å². The third kappa shape index (κ3) is 18.5. The standard InChI is InChI=1S/C32H54O7Si6.C12H10OSi.C2H6.2CH4/c1-33-45(34-2,35-3)29-27-40-36-26-19-28-43(8,38-42(6,7)37-41(4,5)30-20-13-10-14-21-30)39-44(9,31-22-15-11-16-23-31)32-24-17-12-18-25-32;13-14(11-7-3-1-4-8-11)12-9-5-2-6-10-12;1-2;;/h10-18,20-25H,19,26-29,40H2,1-9H3;1-10H;1-2H3;2*1H4. The minimum Gasteiger partial charge on any atom is -0.433 e. The Morgan fingerprint density at radius 1 is 0.508 bits per heavy atom. The molecule has 15 heteroatoms. The molecule has 0 aromatic heterocycles. The minimum absolute atomic E-state index is 0. The van der Waals surface area contributed by atoms with E-state index in [1.807, 2.05) is 74.5 Å². The van der Waals surface area contributed by atoms with Crippen molar-refractivity contribution in [1.29, 1.82) is 0 Å². The smallest absolute Gasteiger partial charge is 0.433 e. The van der Waals surface area contributed by atoms with Gasteiger partial charge in [0.15, 0.2) is 9.76 Å². The van der Waals surface area contributed by atoms with Gasteiger partial charge < -0.3 is 34.5 Å². The van der Waals surface area contributed by atoms with Crippen LogP contribution in [0.3, 0.4) is 0 Å². The summed E-state index contributed by atoms with van der Waals surface area (Å²) in [5.74, 6) is 0. The van der Waals surface area contributed by atoms with E-state index in [2.05, 4.69) is 130 Å². The first kappa shape index (κ1) is 58.2. The Hall–Kier alpha value is -2.86. The summed E-state index contributed by atoms with van der Waals surface area (Å²) in [4.78, 5) is 0. The third-order valence-corrected chi connectivity index (χ3v) is 33.6. The van der Waals surface area contributed by atoms with Gasteiger partial charge in [0.2, 0.25) is 16.6 Å². The van der Waals surface area contributed by atoms with Gasteiger partial charge in [-0.25, -0.2) is 0 Å². The summed E-state index contributed by atoms with van der Waals surface area (Å²) < 4.78 is 56.8. The zero-order chi connectivity index (χ0) is 44.8. The fraction of sp³-hybridized carbons (Fsp3) is 0.375. The lowest BCUT2D eigenvalue weighted by Gasteiger charge is -2.43. The van der Waals surface area contributed by atoms with Crippen molar-refractivity contribution in [3.05, 3.63) is 152 Å². The molecule has 0 saturated carbocycles. The van der Waals surface area contributed by atoms with E-state index < -0.39 is 61.0 Å². The molecule has 0 N–H and O–H groups in total. The van der Waals surface area contributed by atoms with Crippen LogP contribution < -0.4 is 25.9 Å². The van der Waals surface area contributed by atoms with Gasteiger partial charge in [-0.05, 0) is 73.4 Å². The van der Waals surface area contributed by atoms with Gasteiger partial charge in [-0.1, -0.05) is 180 Å². The number of benzene rings is 5. The summed E-state index contributed by atoms with van der Waals surface area (Å²) in [6.45, 7) is 18.1. The van der Waals surface area contributed by atoms with Gasteiger partial charge in [-0.2, -0.15) is 0 Å². The quantitative estimate of drug-likeness (QED) is 0.0505. The SMILES string of the molecule is C.C.CC.CO[Si](CC[SiH2]OCCC[Si](C)(O[Si](C)(C)O[Si](C)(C)c1ccccc1)O[Si](C)(c1ccccc1)c1ccccc1)(OC)OC.O=[Si](c1ccccc1)c1ccccc1. The molecule has 0 radical (unpaired) electrons. The number of rotatable bonds is 22. The average molecular weight is 980 g/mol. The lowest BCUT2D eigenvalue weighted by Crippen LogP contribution is -2.66. The van der Waals surface area contributed by atoms with E-state index in [0.717, 1.165) is 34.9 Å². The molecule has 0 fully saturated rings. The Kier molecular flexibility index (Phi) is 26.7. The Bertz CT molecular complexity index is 1860. The van der Waals surface area contributed by atoms with E-state index >= 15 is 0 Å². The second kappa shape index (κ2) is 28.9. The van der Waals surface area contributed by atoms with Crippen LogP contribution in [0.2, 0.25) is 57.4 Å². The Morgan fingerprint density at radius 2 is 0.889 bits per heavy atom. The van der Waals surface area contributed by atoms with E-state index in [-0.39, 0.29) is 14.9 Å². The molecule has 0 aliphatic carbocycles. The van der Waals surface area contributed by atoms with Crippen LogP contribution in [0.5, 0.6) is 0 Å². The molecule has 0 aliphatic rings. The zero-order valence-corrected chi connectivity index (χ0v) is 45.9. The van der Waals surface area contributed by atoms with Crippen molar-refractivity contribution < 1.29 is 34.5 Å². The maximum Gasteiger partial charge on any atom is 0.499 e. The average Bonchev–Trinajstić information content (AvgIpc) is 3.29. The third-order valence-electron chi connectivity index (χ3n) is 10.2. The van der Waals surface area contributed by atoms with Crippen LogP contribution in [0.25, 0.3) is 0 Å². The summed E-state index contributed by atoms with van der Waals surface area (Å²) in [5, 5.41) is 5.59. The lowest BCUT2D eigenvalue weighted by molar-refractivity contribution is 0.125. The van der Waals surface area contributed by atoms with E-state index in [0.29, 0.717) is 6.61 Å². The van der Waals surface area contributed by atoms with Crippen LogP contribution >= 0.6 is 0 Å². The first-order valence-corrected chi connectivity index (χ1v) is 36.9. The van der Waals surface area contributed by atoms with E-state index in [9.17, 15) is 4.46 Å². The summed E-state index contributed by atoms with van der Waals surface area (Å²) in [6, 6.07) is 53.7. The molecule has 63 heavy (non-hydrogen) atoms. The molecule has 1 atom stereocenters. The zero-order valence-electron chi connectivity index (χ0n) is 38.4. The van der Waals surface area contributed by atoms with Crippen molar-refractivity contribution in [2.75, 3.05) is 27.9 Å². The largest absolute Gasteiger partial charge is 0.499 e. The lowest BCUT2D eigenvalue weighted by atomic mass is 10.4. The van der Waals surface area contributed by atoms with E-state index in [1.165, 1.54) is 15.6 Å². The number of hydrogen-bond acceptors (Lipinski definition) is 8. The summed E-state index contributed by atoms with van der Waals surface area (Å²) in [5.41, 5.74) is 0. The van der Waals surface area contributed by atoms with E-state index in [4.69, 9.17) is 30.0 Å². The summed E-state index contributed by atoms with van der Waals surface area (Å²) >= 11 is 0. The highest BCUT2D eigenvalue weighted by Crippen LogP contribution is 2.28. The summed E-state index contributed by atoms with van der Waals surface area (Å²) in [6.07, 6.45) is 0.870. The topological polar surface area (TPSA) is 81.7 Å². The highest BCUT2D eigenvalue weighted by molar-refractivity contribution is 7.02. The molecular formula is C48H78O8Si7. The highest BCUT2D eigenvalue weighted by Gasteiger charge is 2.49. The van der Waals surface area contributed by atoms with Crippen molar-refractivity contribution >= 4 is 86.9 Å². The minimum atomic E-state index is -2.80. The molecule has 0 aliphatic heterocycles. The maximum absolute atomic E-state index is 12.0. The van der Waals surface area contributed by atoms with Crippen LogP contribution in [0.4, 0.5) is 0 Å². The van der Waals surface area contributed by atoms with Crippen molar-refractivity contribution in [1.82, 2.24) is 0 Å². The molecule has 5 aromatic carbocycles. The first-order chi connectivity index (χ1) is 29.2. The predicted molar refractivity (Wildman–Crippen MR) is 283 cm³/mol. The predicted octanol–water partition coefficient (Wildman–Crippen LogP) is 8.62. The van der Waals surface area contributed by atoms with Crippen LogP contribution in [0.15, 0.2) is 152 Å². The second-order valence-corrected chi connectivity index (χ2v) is 36.9. The van der Waals surface area contributed by atoms with Crippen LogP contribution in [-0.2, 0) is 34.5 Å². The Labute approximate surface area is 391 Å². The molecule has 346 valence electrons. The van der Waals surface area contributed by atoms with E-state index in [1.54, 1.807) is 21.3 Å². The Balaban J connectivity index is 0.000000924. The summed E-state index contributed by atoms with van der Waals surface area (Å²) in [7, 11) is -10.4. The van der Waals surface area contributed by atoms with Crippen molar-refractivity contribution in [3.8, 4) is 0 Å². The monoisotopic (exact) mass is 978 g/mol. The second-order valence-electron chi connectivity index (χ2n) is 15.7. The van der Waals surface area contributed by atoms with Gasteiger partial charge in [-0.15, -0.1) is 0 Å². The van der Waals surface area contributed by atoms with Gasteiger partial charge in [0.25, 0.3) is 0 Å². The van der Waals surface area contributed by atoms with Crippen LogP contribution in [-0.4, -0.2) is 88.9 Å². The molecular weight excluding hydrogens is 901 g/mol. The van der Waals surface area contributed by atoms with Crippen molar-refractivity contribution in [3.63, 3.8) is 0 Å². The molecule has 1 unspecified atom stereocenters. The maximum atomic E-state index is 12.0. The van der Waals surface area contributed by atoms with Gasteiger partial charge in [0.05, 0.1) is 0 Å². The fourth-order valence-electron chi connectivity index (χ4n) is 7.30. The van der Waals surface area contributed by atoms with Crippen molar-refractivity contribution in [2.45, 2.75) is 92.5 Å².